The summed E-state index contributed by atoms with van der Waals surface area (Å²) in [5.41, 5.74) is 1.16. The minimum absolute atomic E-state index is 0.257. The van der Waals surface area contributed by atoms with Crippen LogP contribution in [0.5, 0.6) is 11.5 Å². The summed E-state index contributed by atoms with van der Waals surface area (Å²) in [4.78, 5) is 12.8. The molecule has 0 aliphatic heterocycles. The molecule has 0 aromatic heterocycles. The molecule has 0 aliphatic rings. The first-order valence-corrected chi connectivity index (χ1v) is 11.2. The summed E-state index contributed by atoms with van der Waals surface area (Å²) in [6.07, 6.45) is 1.34. The van der Waals surface area contributed by atoms with Crippen molar-refractivity contribution in [2.45, 2.75) is 25.9 Å². The lowest BCUT2D eigenvalue weighted by molar-refractivity contribution is -0.122. The summed E-state index contributed by atoms with van der Waals surface area (Å²) < 4.78 is 36.3. The summed E-state index contributed by atoms with van der Waals surface area (Å²) in [5.74, 6) is 0.729. The lowest BCUT2D eigenvalue weighted by Gasteiger charge is -2.30. The van der Waals surface area contributed by atoms with Crippen LogP contribution in [0.1, 0.15) is 18.9 Å². The number of hydrogen-bond donors (Lipinski definition) is 1. The number of nitrogens with zero attached hydrogens (tertiary/aromatic N) is 1. The molecule has 0 saturated carbocycles. The molecule has 2 aromatic carbocycles. The number of carbonyl (C=O) groups is 1. The summed E-state index contributed by atoms with van der Waals surface area (Å²) >= 11 is 6.16. The van der Waals surface area contributed by atoms with Gasteiger partial charge in [0.25, 0.3) is 0 Å². The highest BCUT2D eigenvalue weighted by Crippen LogP contribution is 2.31. The zero-order valence-electron chi connectivity index (χ0n) is 16.8. The van der Waals surface area contributed by atoms with Gasteiger partial charge in [-0.2, -0.15) is 0 Å². The Hall–Kier alpha value is -2.45. The van der Waals surface area contributed by atoms with Gasteiger partial charge in [0.05, 0.1) is 31.2 Å². The second kappa shape index (κ2) is 9.84. The topological polar surface area (TPSA) is 84.9 Å². The van der Waals surface area contributed by atoms with Crippen molar-refractivity contribution in [2.75, 3.05) is 24.8 Å². The second-order valence-electron chi connectivity index (χ2n) is 6.37. The minimum Gasteiger partial charge on any atom is -0.497 e. The van der Waals surface area contributed by atoms with E-state index in [1.807, 2.05) is 12.1 Å². The SMILES string of the molecule is CC[C@H](C(=O)NCc1ccc(OC)cc1)N(c1ccc(OC)c(Cl)c1)S(C)(=O)=O. The van der Waals surface area contributed by atoms with Gasteiger partial charge >= 0.3 is 0 Å². The number of benzene rings is 2. The maximum absolute atomic E-state index is 12.8. The summed E-state index contributed by atoms with van der Waals surface area (Å²) in [6.45, 7) is 2.02. The normalized spacial score (nSPS) is 12.2. The largest absolute Gasteiger partial charge is 0.497 e. The molecule has 2 rings (SSSR count). The third kappa shape index (κ3) is 5.77. The molecule has 0 saturated heterocycles. The van der Waals surface area contributed by atoms with E-state index in [-0.39, 0.29) is 18.0 Å². The zero-order chi connectivity index (χ0) is 21.6. The fourth-order valence-electron chi connectivity index (χ4n) is 2.90. The van der Waals surface area contributed by atoms with Crippen molar-refractivity contribution < 1.29 is 22.7 Å². The van der Waals surface area contributed by atoms with Gasteiger partial charge in [-0.3, -0.25) is 9.10 Å². The van der Waals surface area contributed by atoms with Gasteiger partial charge in [0.1, 0.15) is 17.5 Å². The average molecular weight is 441 g/mol. The van der Waals surface area contributed by atoms with E-state index in [2.05, 4.69) is 5.32 Å². The first kappa shape index (κ1) is 22.8. The Labute approximate surface area is 176 Å². The molecule has 0 unspecified atom stereocenters. The van der Waals surface area contributed by atoms with E-state index in [0.717, 1.165) is 16.1 Å². The molecule has 0 radical (unpaired) electrons. The van der Waals surface area contributed by atoms with Crippen molar-refractivity contribution in [3.63, 3.8) is 0 Å². The lowest BCUT2D eigenvalue weighted by atomic mass is 10.1. The summed E-state index contributed by atoms with van der Waals surface area (Å²) in [6, 6.07) is 10.9. The highest BCUT2D eigenvalue weighted by Gasteiger charge is 2.31. The Morgan fingerprint density at radius 3 is 2.28 bits per heavy atom. The van der Waals surface area contributed by atoms with Crippen LogP contribution in [0.2, 0.25) is 5.02 Å². The van der Waals surface area contributed by atoms with E-state index < -0.39 is 22.0 Å². The van der Waals surface area contributed by atoms with Crippen molar-refractivity contribution in [3.8, 4) is 11.5 Å². The highest BCUT2D eigenvalue weighted by molar-refractivity contribution is 7.92. The van der Waals surface area contributed by atoms with Crippen LogP contribution in [0, 0.1) is 0 Å². The van der Waals surface area contributed by atoms with Crippen LogP contribution in [-0.4, -0.2) is 40.8 Å². The first-order valence-electron chi connectivity index (χ1n) is 8.94. The zero-order valence-corrected chi connectivity index (χ0v) is 18.4. The molecule has 0 heterocycles. The third-order valence-corrected chi connectivity index (χ3v) is 5.82. The number of halogens is 1. The lowest BCUT2D eigenvalue weighted by Crippen LogP contribution is -2.49. The van der Waals surface area contributed by atoms with Gasteiger partial charge in [-0.25, -0.2) is 8.42 Å². The van der Waals surface area contributed by atoms with E-state index in [1.54, 1.807) is 38.3 Å². The van der Waals surface area contributed by atoms with Crippen LogP contribution in [0.4, 0.5) is 5.69 Å². The Balaban J connectivity index is 2.25. The van der Waals surface area contributed by atoms with Crippen molar-refractivity contribution in [2.24, 2.45) is 0 Å². The molecular weight excluding hydrogens is 416 g/mol. The highest BCUT2D eigenvalue weighted by atomic mass is 35.5. The molecule has 7 nitrogen and oxygen atoms in total. The number of amides is 1. The molecule has 9 heteroatoms. The maximum Gasteiger partial charge on any atom is 0.244 e. The van der Waals surface area contributed by atoms with Crippen LogP contribution in [0.25, 0.3) is 0 Å². The monoisotopic (exact) mass is 440 g/mol. The number of nitrogens with one attached hydrogen (secondary N) is 1. The Morgan fingerprint density at radius 1 is 1.14 bits per heavy atom. The summed E-state index contributed by atoms with van der Waals surface area (Å²) in [5, 5.41) is 3.06. The van der Waals surface area contributed by atoms with Gasteiger partial charge in [0.2, 0.25) is 15.9 Å². The van der Waals surface area contributed by atoms with Crippen molar-refractivity contribution in [3.05, 3.63) is 53.1 Å². The molecule has 0 bridgehead atoms. The molecule has 0 fully saturated rings. The number of hydrogen-bond acceptors (Lipinski definition) is 5. The molecule has 0 aliphatic carbocycles. The first-order chi connectivity index (χ1) is 13.7. The maximum atomic E-state index is 12.8. The van der Waals surface area contributed by atoms with Crippen molar-refractivity contribution >= 4 is 33.2 Å². The quantitative estimate of drug-likeness (QED) is 0.647. The number of ether oxygens (including phenoxy) is 2. The Kier molecular flexibility index (Phi) is 7.75. The number of anilines is 1. The summed E-state index contributed by atoms with van der Waals surface area (Å²) in [7, 11) is -0.700. The van der Waals surface area contributed by atoms with Crippen LogP contribution in [-0.2, 0) is 21.4 Å². The molecule has 2 aromatic rings. The van der Waals surface area contributed by atoms with E-state index in [0.29, 0.717) is 17.2 Å². The second-order valence-corrected chi connectivity index (χ2v) is 8.63. The molecule has 29 heavy (non-hydrogen) atoms. The standard InChI is InChI=1S/C20H25ClN2O5S/c1-5-18(20(24)22-13-14-6-9-16(27-2)10-7-14)23(29(4,25)26)15-8-11-19(28-3)17(21)12-15/h6-12,18H,5,13H2,1-4H3,(H,22,24)/t18-/m1/s1. The van der Waals surface area contributed by atoms with E-state index >= 15 is 0 Å². The van der Waals surface area contributed by atoms with Crippen LogP contribution in [0.3, 0.4) is 0 Å². The predicted octanol–water partition coefficient (Wildman–Crippen LogP) is 3.22. The van der Waals surface area contributed by atoms with Crippen LogP contribution < -0.4 is 19.1 Å². The molecule has 158 valence electrons. The Bertz CT molecular complexity index is 948. The van der Waals surface area contributed by atoms with Crippen molar-refractivity contribution in [1.29, 1.82) is 0 Å². The van der Waals surface area contributed by atoms with Gasteiger partial charge in [-0.05, 0) is 42.3 Å². The fraction of sp³-hybridized carbons (Fsp3) is 0.350. The molecule has 0 spiro atoms. The van der Waals surface area contributed by atoms with Gasteiger partial charge < -0.3 is 14.8 Å². The third-order valence-electron chi connectivity index (χ3n) is 4.35. The number of carbonyl (C=O) groups excluding carboxylic acids is 1. The average Bonchev–Trinajstić information content (AvgIpc) is 2.69. The van der Waals surface area contributed by atoms with E-state index in [9.17, 15) is 13.2 Å². The van der Waals surface area contributed by atoms with Gasteiger partial charge in [-0.1, -0.05) is 30.7 Å². The van der Waals surface area contributed by atoms with Gasteiger partial charge in [-0.15, -0.1) is 0 Å². The number of rotatable bonds is 9. The molecule has 1 N–H and O–H groups in total. The Morgan fingerprint density at radius 2 is 1.79 bits per heavy atom. The molecule has 1 atom stereocenters. The fourth-order valence-corrected chi connectivity index (χ4v) is 4.36. The predicted molar refractivity (Wildman–Crippen MR) is 114 cm³/mol. The van der Waals surface area contributed by atoms with Crippen molar-refractivity contribution in [1.82, 2.24) is 5.32 Å². The van der Waals surface area contributed by atoms with Gasteiger partial charge in [0, 0.05) is 6.54 Å². The van der Waals surface area contributed by atoms with Gasteiger partial charge in [0.15, 0.2) is 0 Å². The molecular formula is C20H25ClN2O5S. The number of methoxy groups -OCH3 is 2. The molecule has 1 amide bonds. The minimum atomic E-state index is -3.75. The van der Waals surface area contributed by atoms with E-state index in [4.69, 9.17) is 21.1 Å². The van der Waals surface area contributed by atoms with Crippen LogP contribution >= 0.6 is 11.6 Å². The van der Waals surface area contributed by atoms with E-state index in [1.165, 1.54) is 13.2 Å². The number of sulfonamides is 1. The van der Waals surface area contributed by atoms with Crippen LogP contribution in [0.15, 0.2) is 42.5 Å². The smallest absolute Gasteiger partial charge is 0.244 e.